The molecule has 0 aliphatic rings. The number of carbonyl (C=O) groups is 2. The normalized spacial score (nSPS) is 9.88. The molecular formula is C9H7F2NO4. The van der Waals surface area contributed by atoms with Crippen LogP contribution in [-0.2, 0) is 9.63 Å². The zero-order valence-electron chi connectivity index (χ0n) is 7.87. The van der Waals surface area contributed by atoms with E-state index < -0.39 is 30.1 Å². The van der Waals surface area contributed by atoms with Gasteiger partial charge in [-0.2, -0.15) is 0 Å². The zero-order chi connectivity index (χ0) is 12.1. The van der Waals surface area contributed by atoms with Crippen molar-refractivity contribution in [2.24, 2.45) is 0 Å². The molecule has 7 heteroatoms. The lowest BCUT2D eigenvalue weighted by atomic mass is 10.2. The molecule has 0 aliphatic carbocycles. The average Bonchev–Trinajstić information content (AvgIpc) is 2.15. The highest BCUT2D eigenvalue weighted by atomic mass is 19.1. The lowest BCUT2D eigenvalue weighted by Crippen LogP contribution is -2.26. The number of nitrogens with one attached hydrogen (secondary N) is 1. The number of halogens is 2. The van der Waals surface area contributed by atoms with Crippen LogP contribution >= 0.6 is 0 Å². The molecule has 1 aromatic rings. The lowest BCUT2D eigenvalue weighted by Gasteiger charge is -2.03. The van der Waals surface area contributed by atoms with Gasteiger partial charge < -0.3 is 5.11 Å². The van der Waals surface area contributed by atoms with Gasteiger partial charge >= 0.3 is 5.97 Å². The minimum Gasteiger partial charge on any atom is -0.479 e. The van der Waals surface area contributed by atoms with Gasteiger partial charge in [0.25, 0.3) is 5.91 Å². The Morgan fingerprint density at radius 1 is 1.25 bits per heavy atom. The van der Waals surface area contributed by atoms with E-state index in [9.17, 15) is 18.4 Å². The summed E-state index contributed by atoms with van der Waals surface area (Å²) in [7, 11) is 0. The van der Waals surface area contributed by atoms with Crippen LogP contribution < -0.4 is 5.48 Å². The number of carboxylic acids is 1. The third kappa shape index (κ3) is 3.62. The summed E-state index contributed by atoms with van der Waals surface area (Å²) in [6.07, 6.45) is 0. The Morgan fingerprint density at radius 3 is 2.31 bits per heavy atom. The van der Waals surface area contributed by atoms with Crippen LogP contribution in [0.5, 0.6) is 0 Å². The van der Waals surface area contributed by atoms with E-state index in [1.165, 1.54) is 0 Å². The van der Waals surface area contributed by atoms with E-state index in [0.717, 1.165) is 12.1 Å². The van der Waals surface area contributed by atoms with Gasteiger partial charge in [-0.05, 0) is 12.1 Å². The maximum absolute atomic E-state index is 12.7. The van der Waals surface area contributed by atoms with Crippen LogP contribution in [0.25, 0.3) is 0 Å². The lowest BCUT2D eigenvalue weighted by molar-refractivity contribution is -0.144. The van der Waals surface area contributed by atoms with Crippen LogP contribution in [0.15, 0.2) is 18.2 Å². The van der Waals surface area contributed by atoms with Gasteiger partial charge in [0.1, 0.15) is 11.6 Å². The summed E-state index contributed by atoms with van der Waals surface area (Å²) in [6, 6.07) is 2.19. The van der Waals surface area contributed by atoms with Crippen molar-refractivity contribution in [3.8, 4) is 0 Å². The molecule has 0 radical (unpaired) electrons. The Kier molecular flexibility index (Phi) is 3.90. The predicted octanol–water partition coefficient (Wildman–Crippen LogP) is 0.711. The number of hydroxylamine groups is 1. The van der Waals surface area contributed by atoms with Crippen LogP contribution in [-0.4, -0.2) is 23.6 Å². The molecule has 16 heavy (non-hydrogen) atoms. The largest absolute Gasteiger partial charge is 0.479 e. The Bertz CT molecular complexity index is 402. The van der Waals surface area contributed by atoms with Crippen molar-refractivity contribution >= 4 is 11.9 Å². The highest BCUT2D eigenvalue weighted by Crippen LogP contribution is 2.07. The fourth-order valence-electron chi connectivity index (χ4n) is 0.907. The molecule has 0 heterocycles. The number of hydrogen-bond acceptors (Lipinski definition) is 3. The first-order valence-electron chi connectivity index (χ1n) is 4.09. The van der Waals surface area contributed by atoms with Gasteiger partial charge in [0, 0.05) is 11.6 Å². The van der Waals surface area contributed by atoms with Crippen molar-refractivity contribution in [2.75, 3.05) is 6.61 Å². The number of hydrogen-bond donors (Lipinski definition) is 2. The van der Waals surface area contributed by atoms with Crippen LogP contribution in [0.3, 0.4) is 0 Å². The number of carboxylic acid groups (broad SMARTS) is 1. The van der Waals surface area contributed by atoms with E-state index in [1.54, 1.807) is 5.48 Å². The maximum atomic E-state index is 12.7. The van der Waals surface area contributed by atoms with Gasteiger partial charge in [-0.15, -0.1) is 0 Å². The van der Waals surface area contributed by atoms with E-state index >= 15 is 0 Å². The smallest absolute Gasteiger partial charge is 0.332 e. The van der Waals surface area contributed by atoms with Gasteiger partial charge in [-0.25, -0.2) is 19.1 Å². The SMILES string of the molecule is O=C(O)CONC(=O)c1cc(F)cc(F)c1. The standard InChI is InChI=1S/C9H7F2NO4/c10-6-1-5(2-7(11)3-6)9(15)12-16-4-8(13)14/h1-3H,4H2,(H,12,15)(H,13,14). The summed E-state index contributed by atoms with van der Waals surface area (Å²) in [5.41, 5.74) is 1.43. The molecule has 0 fully saturated rings. The average molecular weight is 231 g/mol. The molecule has 0 saturated heterocycles. The first-order chi connectivity index (χ1) is 7.49. The Morgan fingerprint density at radius 2 is 1.81 bits per heavy atom. The second kappa shape index (κ2) is 5.17. The van der Waals surface area contributed by atoms with Gasteiger partial charge in [0.05, 0.1) is 0 Å². The number of aliphatic carboxylic acids is 1. The van der Waals surface area contributed by atoms with Crippen LogP contribution in [0.2, 0.25) is 0 Å². The highest BCUT2D eigenvalue weighted by Gasteiger charge is 2.09. The number of carbonyl (C=O) groups excluding carboxylic acids is 1. The Hall–Kier alpha value is -2.02. The van der Waals surface area contributed by atoms with Crippen molar-refractivity contribution in [1.82, 2.24) is 5.48 Å². The van der Waals surface area contributed by atoms with Crippen LogP contribution in [0.4, 0.5) is 8.78 Å². The van der Waals surface area contributed by atoms with E-state index in [2.05, 4.69) is 4.84 Å². The minimum atomic E-state index is -1.29. The minimum absolute atomic E-state index is 0.303. The number of rotatable bonds is 4. The molecule has 5 nitrogen and oxygen atoms in total. The molecule has 0 unspecified atom stereocenters. The van der Waals surface area contributed by atoms with Gasteiger partial charge in [-0.3, -0.25) is 9.63 Å². The van der Waals surface area contributed by atoms with E-state index in [-0.39, 0.29) is 5.56 Å². The number of amides is 1. The monoisotopic (exact) mass is 231 g/mol. The molecule has 0 saturated carbocycles. The predicted molar refractivity (Wildman–Crippen MR) is 47.4 cm³/mol. The highest BCUT2D eigenvalue weighted by molar-refractivity contribution is 5.93. The molecule has 1 amide bonds. The fraction of sp³-hybridized carbons (Fsp3) is 0.111. The second-order valence-corrected chi connectivity index (χ2v) is 2.77. The summed E-state index contributed by atoms with van der Waals surface area (Å²) in [5, 5.41) is 8.19. The molecule has 0 bridgehead atoms. The molecule has 0 aromatic heterocycles. The van der Waals surface area contributed by atoms with Crippen molar-refractivity contribution in [1.29, 1.82) is 0 Å². The Labute approximate surface area is 88.6 Å². The second-order valence-electron chi connectivity index (χ2n) is 2.77. The summed E-state index contributed by atoms with van der Waals surface area (Å²) < 4.78 is 25.4. The van der Waals surface area contributed by atoms with E-state index in [1.807, 2.05) is 0 Å². The quantitative estimate of drug-likeness (QED) is 0.748. The molecule has 0 atom stereocenters. The fourth-order valence-corrected chi connectivity index (χ4v) is 0.907. The van der Waals surface area contributed by atoms with Gasteiger partial charge in [-0.1, -0.05) is 0 Å². The number of benzene rings is 1. The molecular weight excluding hydrogens is 224 g/mol. The van der Waals surface area contributed by atoms with Crippen molar-refractivity contribution in [3.05, 3.63) is 35.4 Å². The van der Waals surface area contributed by atoms with Crippen LogP contribution in [0.1, 0.15) is 10.4 Å². The van der Waals surface area contributed by atoms with Gasteiger partial charge in [0.15, 0.2) is 6.61 Å². The third-order valence-electron chi connectivity index (χ3n) is 1.49. The first-order valence-corrected chi connectivity index (χ1v) is 4.09. The molecule has 1 aromatic carbocycles. The van der Waals surface area contributed by atoms with Crippen molar-refractivity contribution in [2.45, 2.75) is 0 Å². The molecule has 0 spiro atoms. The molecule has 1 rings (SSSR count). The van der Waals surface area contributed by atoms with Gasteiger partial charge in [0.2, 0.25) is 0 Å². The first kappa shape index (κ1) is 12.1. The summed E-state index contributed by atoms with van der Waals surface area (Å²) in [6.45, 7) is -0.746. The molecule has 86 valence electrons. The van der Waals surface area contributed by atoms with Crippen LogP contribution in [0, 0.1) is 11.6 Å². The summed E-state index contributed by atoms with van der Waals surface area (Å²) >= 11 is 0. The van der Waals surface area contributed by atoms with E-state index in [4.69, 9.17) is 5.11 Å². The maximum Gasteiger partial charge on any atom is 0.332 e. The van der Waals surface area contributed by atoms with Crippen molar-refractivity contribution in [3.63, 3.8) is 0 Å². The Balaban J connectivity index is 2.62. The topological polar surface area (TPSA) is 75.6 Å². The summed E-state index contributed by atoms with van der Waals surface area (Å²) in [5.74, 6) is -4.04. The molecule has 0 aliphatic heterocycles. The summed E-state index contributed by atoms with van der Waals surface area (Å²) in [4.78, 5) is 25.4. The third-order valence-corrected chi connectivity index (χ3v) is 1.49. The molecule has 2 N–H and O–H groups in total. The zero-order valence-corrected chi connectivity index (χ0v) is 7.87. The van der Waals surface area contributed by atoms with E-state index in [0.29, 0.717) is 6.07 Å². The van der Waals surface area contributed by atoms with Crippen molar-refractivity contribution < 1.29 is 28.3 Å².